The zero-order valence-electron chi connectivity index (χ0n) is 18.3. The molecule has 0 N–H and O–H groups in total. The Morgan fingerprint density at radius 1 is 1.03 bits per heavy atom. The molecule has 2 aromatic carbocycles. The van der Waals surface area contributed by atoms with Gasteiger partial charge < -0.3 is 19.1 Å². The first-order valence-corrected chi connectivity index (χ1v) is 11.2. The van der Waals surface area contributed by atoms with Gasteiger partial charge in [0.05, 0.1) is 36.0 Å². The molecular weight excluding hydrogens is 438 g/mol. The molecule has 1 amide bonds. The van der Waals surface area contributed by atoms with Gasteiger partial charge in [-0.15, -0.1) is 0 Å². The predicted molar refractivity (Wildman–Crippen MR) is 129 cm³/mol. The average molecular weight is 462 g/mol. The lowest BCUT2D eigenvalue weighted by Crippen LogP contribution is -2.49. The van der Waals surface area contributed by atoms with Crippen molar-refractivity contribution in [2.75, 3.05) is 38.2 Å². The molecule has 4 aromatic rings. The summed E-state index contributed by atoms with van der Waals surface area (Å²) >= 11 is 5.93. The van der Waals surface area contributed by atoms with E-state index in [0.717, 1.165) is 41.3 Å². The van der Waals surface area contributed by atoms with E-state index in [2.05, 4.69) is 19.4 Å². The number of carbonyl (C=O) groups is 1. The molecule has 1 aliphatic rings. The second-order valence-electron chi connectivity index (χ2n) is 8.00. The van der Waals surface area contributed by atoms with Gasteiger partial charge in [-0.1, -0.05) is 29.8 Å². The van der Waals surface area contributed by atoms with Gasteiger partial charge in [0.2, 0.25) is 0 Å². The number of carbonyl (C=O) groups excluding carboxylic acids is 1. The fourth-order valence-electron chi connectivity index (χ4n) is 4.22. The van der Waals surface area contributed by atoms with E-state index in [4.69, 9.17) is 16.3 Å². The number of nitrogens with zero attached hydrogens (tertiary/aromatic N) is 5. The zero-order chi connectivity index (χ0) is 22.8. The number of imidazole rings is 1. The van der Waals surface area contributed by atoms with Crippen molar-refractivity contribution in [3.63, 3.8) is 0 Å². The van der Waals surface area contributed by atoms with E-state index in [9.17, 15) is 4.79 Å². The molecule has 0 radical (unpaired) electrons. The topological polar surface area (TPSA) is 63.5 Å². The van der Waals surface area contributed by atoms with Crippen LogP contribution in [0.3, 0.4) is 0 Å². The standard InChI is InChI=1S/C25H24ClN5O2/c1-33-23-5-3-2-4-19(23)16-31-17-28-21-14-18(6-8-22(21)31)25(32)30-12-10-29(11-13-30)24-9-7-20(26)15-27-24/h2-9,14-15,17H,10-13,16H2,1H3. The smallest absolute Gasteiger partial charge is 0.254 e. The number of pyridine rings is 1. The molecular formula is C25H24ClN5O2. The van der Waals surface area contributed by atoms with Crippen LogP contribution < -0.4 is 9.64 Å². The molecule has 1 saturated heterocycles. The minimum absolute atomic E-state index is 0.0277. The quantitative estimate of drug-likeness (QED) is 0.447. The predicted octanol–water partition coefficient (Wildman–Crippen LogP) is 4.10. The lowest BCUT2D eigenvalue weighted by atomic mass is 10.1. The van der Waals surface area contributed by atoms with E-state index in [1.165, 1.54) is 0 Å². The third-order valence-corrected chi connectivity index (χ3v) is 6.23. The number of aromatic nitrogens is 3. The normalized spacial score (nSPS) is 14.0. The van der Waals surface area contributed by atoms with E-state index >= 15 is 0 Å². The number of anilines is 1. The van der Waals surface area contributed by atoms with Crippen LogP contribution in [0.4, 0.5) is 5.82 Å². The summed E-state index contributed by atoms with van der Waals surface area (Å²) in [5.74, 6) is 1.76. The molecule has 0 atom stereocenters. The first-order chi connectivity index (χ1) is 16.1. The van der Waals surface area contributed by atoms with Gasteiger partial charge in [-0.25, -0.2) is 9.97 Å². The summed E-state index contributed by atoms with van der Waals surface area (Å²) in [7, 11) is 1.68. The highest BCUT2D eigenvalue weighted by Gasteiger charge is 2.23. The van der Waals surface area contributed by atoms with Gasteiger partial charge in [-0.05, 0) is 36.4 Å². The Balaban J connectivity index is 1.28. The molecule has 1 aliphatic heterocycles. The monoisotopic (exact) mass is 461 g/mol. The molecule has 0 saturated carbocycles. The van der Waals surface area contributed by atoms with Crippen LogP contribution in [0.2, 0.25) is 5.02 Å². The lowest BCUT2D eigenvalue weighted by Gasteiger charge is -2.35. The molecule has 168 valence electrons. The van der Waals surface area contributed by atoms with E-state index < -0.39 is 0 Å². The lowest BCUT2D eigenvalue weighted by molar-refractivity contribution is 0.0746. The molecule has 0 unspecified atom stereocenters. The third-order valence-electron chi connectivity index (χ3n) is 6.00. The van der Waals surface area contributed by atoms with Gasteiger partial charge in [-0.2, -0.15) is 0 Å². The average Bonchev–Trinajstić information content (AvgIpc) is 3.26. The zero-order valence-corrected chi connectivity index (χ0v) is 19.1. The molecule has 2 aromatic heterocycles. The highest BCUT2D eigenvalue weighted by molar-refractivity contribution is 6.30. The number of rotatable bonds is 5. The van der Waals surface area contributed by atoms with Crippen LogP contribution in [0.15, 0.2) is 67.1 Å². The highest BCUT2D eigenvalue weighted by atomic mass is 35.5. The van der Waals surface area contributed by atoms with Gasteiger partial charge in [0.15, 0.2) is 0 Å². The van der Waals surface area contributed by atoms with Gasteiger partial charge in [-0.3, -0.25) is 4.79 Å². The van der Waals surface area contributed by atoms with E-state index in [1.807, 2.05) is 65.8 Å². The summed E-state index contributed by atoms with van der Waals surface area (Å²) < 4.78 is 7.54. The number of hydrogen-bond acceptors (Lipinski definition) is 5. The maximum atomic E-state index is 13.1. The van der Waals surface area contributed by atoms with Crippen molar-refractivity contribution in [1.29, 1.82) is 0 Å². The van der Waals surface area contributed by atoms with Crippen molar-refractivity contribution in [3.8, 4) is 5.75 Å². The number of piperazine rings is 1. The van der Waals surface area contributed by atoms with Crippen molar-refractivity contribution >= 4 is 34.4 Å². The Morgan fingerprint density at radius 2 is 1.85 bits per heavy atom. The number of methoxy groups -OCH3 is 1. The van der Waals surface area contributed by atoms with Crippen LogP contribution in [-0.4, -0.2) is 58.6 Å². The van der Waals surface area contributed by atoms with Crippen molar-refractivity contribution in [3.05, 3.63) is 83.3 Å². The van der Waals surface area contributed by atoms with Crippen LogP contribution >= 0.6 is 11.6 Å². The maximum Gasteiger partial charge on any atom is 0.254 e. The summed E-state index contributed by atoms with van der Waals surface area (Å²) in [6.45, 7) is 3.40. The highest BCUT2D eigenvalue weighted by Crippen LogP contribution is 2.23. The van der Waals surface area contributed by atoms with Gasteiger partial charge >= 0.3 is 0 Å². The molecule has 33 heavy (non-hydrogen) atoms. The van der Waals surface area contributed by atoms with E-state index in [1.54, 1.807) is 13.3 Å². The van der Waals surface area contributed by atoms with Gasteiger partial charge in [0.1, 0.15) is 11.6 Å². The number of amides is 1. The Labute approximate surface area is 197 Å². The summed E-state index contributed by atoms with van der Waals surface area (Å²) in [6.07, 6.45) is 3.46. The molecule has 0 spiro atoms. The van der Waals surface area contributed by atoms with Crippen LogP contribution in [0.5, 0.6) is 5.75 Å². The third kappa shape index (κ3) is 4.36. The second kappa shape index (κ2) is 9.11. The number of hydrogen-bond donors (Lipinski definition) is 0. The number of halogens is 1. The Bertz CT molecular complexity index is 1280. The molecule has 0 bridgehead atoms. The molecule has 0 aliphatic carbocycles. The molecule has 8 heteroatoms. The van der Waals surface area contributed by atoms with E-state index in [0.29, 0.717) is 30.2 Å². The Morgan fingerprint density at radius 3 is 2.61 bits per heavy atom. The van der Waals surface area contributed by atoms with Crippen LogP contribution in [0.1, 0.15) is 15.9 Å². The molecule has 1 fully saturated rings. The summed E-state index contributed by atoms with van der Waals surface area (Å²) in [6, 6.07) is 17.4. The fraction of sp³-hybridized carbons (Fsp3) is 0.240. The van der Waals surface area contributed by atoms with Gasteiger partial charge in [0, 0.05) is 43.5 Å². The Kier molecular flexibility index (Phi) is 5.88. The SMILES string of the molecule is COc1ccccc1Cn1cnc2cc(C(=O)N3CCN(c4ccc(Cl)cn4)CC3)ccc21. The minimum atomic E-state index is 0.0277. The van der Waals surface area contributed by atoms with Crippen LogP contribution in [0, 0.1) is 0 Å². The van der Waals surface area contributed by atoms with Crippen molar-refractivity contribution in [1.82, 2.24) is 19.4 Å². The molecule has 7 nitrogen and oxygen atoms in total. The number of para-hydroxylation sites is 1. The minimum Gasteiger partial charge on any atom is -0.496 e. The molecule has 3 heterocycles. The first-order valence-electron chi connectivity index (χ1n) is 10.8. The fourth-order valence-corrected chi connectivity index (χ4v) is 4.33. The largest absolute Gasteiger partial charge is 0.496 e. The second-order valence-corrected chi connectivity index (χ2v) is 8.44. The molecule has 5 rings (SSSR count). The van der Waals surface area contributed by atoms with Crippen molar-refractivity contribution < 1.29 is 9.53 Å². The summed E-state index contributed by atoms with van der Waals surface area (Å²) in [4.78, 5) is 26.1. The number of ether oxygens (including phenoxy) is 1. The maximum absolute atomic E-state index is 13.1. The number of fused-ring (bicyclic) bond motifs is 1. The number of benzene rings is 2. The van der Waals surface area contributed by atoms with Crippen LogP contribution in [-0.2, 0) is 6.54 Å². The van der Waals surface area contributed by atoms with Crippen molar-refractivity contribution in [2.24, 2.45) is 0 Å². The summed E-state index contributed by atoms with van der Waals surface area (Å²) in [5, 5.41) is 0.619. The summed E-state index contributed by atoms with van der Waals surface area (Å²) in [5.41, 5.74) is 3.52. The van der Waals surface area contributed by atoms with E-state index in [-0.39, 0.29) is 5.91 Å². The van der Waals surface area contributed by atoms with Crippen molar-refractivity contribution in [2.45, 2.75) is 6.54 Å². The van der Waals surface area contributed by atoms with Crippen LogP contribution in [0.25, 0.3) is 11.0 Å². The Hall–Kier alpha value is -3.58. The first kappa shape index (κ1) is 21.3. The van der Waals surface area contributed by atoms with Gasteiger partial charge in [0.25, 0.3) is 5.91 Å².